The maximum Gasteiger partial charge on any atom is 0.0419 e. The van der Waals surface area contributed by atoms with Crippen molar-refractivity contribution < 1.29 is 0 Å². The highest BCUT2D eigenvalue weighted by molar-refractivity contribution is 5.05. The first kappa shape index (κ1) is 12.9. The van der Waals surface area contributed by atoms with E-state index < -0.39 is 0 Å². The SMILES string of the molecule is C=CCCCC(Cc1ccccn1)NCC. The second-order valence-corrected chi connectivity index (χ2v) is 4.00. The summed E-state index contributed by atoms with van der Waals surface area (Å²) in [6, 6.07) is 6.65. The molecule has 1 aromatic heterocycles. The number of rotatable bonds is 8. The number of unbranched alkanes of at least 4 members (excludes halogenated alkanes) is 1. The summed E-state index contributed by atoms with van der Waals surface area (Å²) in [6.07, 6.45) is 8.37. The molecule has 0 spiro atoms. The van der Waals surface area contributed by atoms with E-state index in [2.05, 4.69) is 35.9 Å². The van der Waals surface area contributed by atoms with Crippen molar-refractivity contribution in [2.75, 3.05) is 6.54 Å². The summed E-state index contributed by atoms with van der Waals surface area (Å²) in [5, 5.41) is 3.52. The highest BCUT2D eigenvalue weighted by atomic mass is 14.9. The van der Waals surface area contributed by atoms with Crippen LogP contribution in [0.15, 0.2) is 37.1 Å². The van der Waals surface area contributed by atoms with Gasteiger partial charge in [-0.2, -0.15) is 0 Å². The van der Waals surface area contributed by atoms with E-state index in [9.17, 15) is 0 Å². The van der Waals surface area contributed by atoms with Crippen LogP contribution in [0.25, 0.3) is 0 Å². The van der Waals surface area contributed by atoms with Gasteiger partial charge in [-0.3, -0.25) is 4.98 Å². The van der Waals surface area contributed by atoms with Crippen LogP contribution in [0.3, 0.4) is 0 Å². The van der Waals surface area contributed by atoms with Crippen LogP contribution in [0, 0.1) is 0 Å². The maximum atomic E-state index is 4.37. The van der Waals surface area contributed by atoms with Crippen LogP contribution in [-0.4, -0.2) is 17.6 Å². The fourth-order valence-electron chi connectivity index (χ4n) is 1.84. The third kappa shape index (κ3) is 5.08. The van der Waals surface area contributed by atoms with Gasteiger partial charge in [0.1, 0.15) is 0 Å². The Hall–Kier alpha value is -1.15. The molecule has 0 fully saturated rings. The van der Waals surface area contributed by atoms with Gasteiger partial charge in [-0.05, 0) is 37.9 Å². The van der Waals surface area contributed by atoms with Gasteiger partial charge in [0.2, 0.25) is 0 Å². The second kappa shape index (κ2) is 8.05. The lowest BCUT2D eigenvalue weighted by Crippen LogP contribution is -2.31. The molecule has 0 saturated heterocycles. The largest absolute Gasteiger partial charge is 0.314 e. The quantitative estimate of drug-likeness (QED) is 0.536. The third-order valence-corrected chi connectivity index (χ3v) is 2.64. The zero-order chi connectivity index (χ0) is 11.6. The van der Waals surface area contributed by atoms with Crippen LogP contribution in [0.4, 0.5) is 0 Å². The van der Waals surface area contributed by atoms with Gasteiger partial charge in [0.25, 0.3) is 0 Å². The summed E-state index contributed by atoms with van der Waals surface area (Å²) in [7, 11) is 0. The highest BCUT2D eigenvalue weighted by Crippen LogP contribution is 2.07. The summed E-state index contributed by atoms with van der Waals surface area (Å²) < 4.78 is 0. The minimum Gasteiger partial charge on any atom is -0.314 e. The zero-order valence-electron chi connectivity index (χ0n) is 10.2. The molecule has 0 aliphatic heterocycles. The van der Waals surface area contributed by atoms with E-state index in [1.807, 2.05) is 18.3 Å². The Labute approximate surface area is 98.8 Å². The summed E-state index contributed by atoms with van der Waals surface area (Å²) in [5.74, 6) is 0. The molecular weight excluding hydrogens is 196 g/mol. The highest BCUT2D eigenvalue weighted by Gasteiger charge is 2.07. The van der Waals surface area contributed by atoms with Gasteiger partial charge in [-0.15, -0.1) is 6.58 Å². The average Bonchev–Trinajstić information content (AvgIpc) is 2.31. The molecule has 1 aromatic rings. The summed E-state index contributed by atoms with van der Waals surface area (Å²) >= 11 is 0. The first-order valence-corrected chi connectivity index (χ1v) is 6.11. The second-order valence-electron chi connectivity index (χ2n) is 4.00. The van der Waals surface area contributed by atoms with Crippen molar-refractivity contribution in [3.8, 4) is 0 Å². The number of aromatic nitrogens is 1. The molecule has 16 heavy (non-hydrogen) atoms. The molecule has 88 valence electrons. The Kier molecular flexibility index (Phi) is 6.50. The summed E-state index contributed by atoms with van der Waals surface area (Å²) in [6.45, 7) is 6.93. The molecule has 1 unspecified atom stereocenters. The van der Waals surface area contributed by atoms with Gasteiger partial charge < -0.3 is 5.32 Å². The van der Waals surface area contributed by atoms with Crippen LogP contribution in [-0.2, 0) is 6.42 Å². The fraction of sp³-hybridized carbons (Fsp3) is 0.500. The zero-order valence-corrected chi connectivity index (χ0v) is 10.2. The van der Waals surface area contributed by atoms with E-state index >= 15 is 0 Å². The topological polar surface area (TPSA) is 24.9 Å². The van der Waals surface area contributed by atoms with Crippen molar-refractivity contribution >= 4 is 0 Å². The Balaban J connectivity index is 2.40. The molecular formula is C14H22N2. The molecule has 0 aliphatic rings. The van der Waals surface area contributed by atoms with Crippen LogP contribution in [0.1, 0.15) is 31.9 Å². The fourth-order valence-corrected chi connectivity index (χ4v) is 1.84. The number of hydrogen-bond donors (Lipinski definition) is 1. The number of hydrogen-bond acceptors (Lipinski definition) is 2. The number of nitrogens with zero attached hydrogens (tertiary/aromatic N) is 1. The molecule has 1 N–H and O–H groups in total. The minimum absolute atomic E-state index is 0.542. The molecule has 0 aromatic carbocycles. The molecule has 2 nitrogen and oxygen atoms in total. The van der Waals surface area contributed by atoms with Crippen LogP contribution in [0.2, 0.25) is 0 Å². The Morgan fingerprint density at radius 3 is 3.00 bits per heavy atom. The van der Waals surface area contributed by atoms with Gasteiger partial charge >= 0.3 is 0 Å². The van der Waals surface area contributed by atoms with Crippen molar-refractivity contribution in [1.82, 2.24) is 10.3 Å². The molecule has 0 aliphatic carbocycles. The van der Waals surface area contributed by atoms with Crippen molar-refractivity contribution in [3.63, 3.8) is 0 Å². The van der Waals surface area contributed by atoms with Gasteiger partial charge in [-0.1, -0.05) is 19.1 Å². The van der Waals surface area contributed by atoms with Gasteiger partial charge in [0, 0.05) is 24.4 Å². The van der Waals surface area contributed by atoms with Gasteiger partial charge in [-0.25, -0.2) is 0 Å². The molecule has 2 heteroatoms. The van der Waals surface area contributed by atoms with Gasteiger partial charge in [0.05, 0.1) is 0 Å². The summed E-state index contributed by atoms with van der Waals surface area (Å²) in [5.41, 5.74) is 1.17. The van der Waals surface area contributed by atoms with Crippen LogP contribution in [0.5, 0.6) is 0 Å². The van der Waals surface area contributed by atoms with E-state index in [0.717, 1.165) is 19.4 Å². The number of allylic oxidation sites excluding steroid dienone is 1. The molecule has 0 saturated carbocycles. The normalized spacial score (nSPS) is 12.3. The predicted octanol–water partition coefficient (Wildman–Crippen LogP) is 2.96. The van der Waals surface area contributed by atoms with E-state index in [-0.39, 0.29) is 0 Å². The number of pyridine rings is 1. The third-order valence-electron chi connectivity index (χ3n) is 2.64. The lowest BCUT2D eigenvalue weighted by molar-refractivity contribution is 0.474. The van der Waals surface area contributed by atoms with Crippen molar-refractivity contribution in [2.24, 2.45) is 0 Å². The molecule has 1 rings (SSSR count). The van der Waals surface area contributed by atoms with Crippen molar-refractivity contribution in [1.29, 1.82) is 0 Å². The minimum atomic E-state index is 0.542. The van der Waals surface area contributed by atoms with Crippen LogP contribution < -0.4 is 5.32 Å². The maximum absolute atomic E-state index is 4.37. The van der Waals surface area contributed by atoms with E-state index in [1.54, 1.807) is 0 Å². The van der Waals surface area contributed by atoms with Crippen molar-refractivity contribution in [3.05, 3.63) is 42.7 Å². The molecule has 0 radical (unpaired) electrons. The Morgan fingerprint density at radius 1 is 1.50 bits per heavy atom. The van der Waals surface area contributed by atoms with Crippen molar-refractivity contribution in [2.45, 2.75) is 38.6 Å². The molecule has 0 bridgehead atoms. The van der Waals surface area contributed by atoms with Crippen LogP contribution >= 0.6 is 0 Å². The smallest absolute Gasteiger partial charge is 0.0419 e. The molecule has 0 amide bonds. The van der Waals surface area contributed by atoms with E-state index in [4.69, 9.17) is 0 Å². The number of nitrogens with one attached hydrogen (secondary N) is 1. The average molecular weight is 218 g/mol. The Morgan fingerprint density at radius 2 is 2.38 bits per heavy atom. The lowest BCUT2D eigenvalue weighted by atomic mass is 10.0. The molecule has 1 atom stereocenters. The predicted molar refractivity (Wildman–Crippen MR) is 69.5 cm³/mol. The molecule has 1 heterocycles. The van der Waals surface area contributed by atoms with E-state index in [1.165, 1.54) is 18.5 Å². The van der Waals surface area contributed by atoms with E-state index in [0.29, 0.717) is 6.04 Å². The summed E-state index contributed by atoms with van der Waals surface area (Å²) in [4.78, 5) is 4.37. The monoisotopic (exact) mass is 218 g/mol. The Bertz CT molecular complexity index is 282. The standard InChI is InChI=1S/C14H22N2/c1-3-5-6-9-13(15-4-2)12-14-10-7-8-11-16-14/h3,7-8,10-11,13,15H,1,4-6,9,12H2,2H3. The van der Waals surface area contributed by atoms with Gasteiger partial charge in [0.15, 0.2) is 0 Å². The lowest BCUT2D eigenvalue weighted by Gasteiger charge is -2.16. The first-order valence-electron chi connectivity index (χ1n) is 6.11. The first-order chi connectivity index (χ1) is 7.86. The number of likely N-dealkylation sites (N-methyl/N-ethyl adjacent to an activating group) is 1.